The maximum Gasteiger partial charge on any atom is 0.355 e. The summed E-state index contributed by atoms with van der Waals surface area (Å²) < 4.78 is 6.76. The van der Waals surface area contributed by atoms with E-state index in [4.69, 9.17) is 4.74 Å². The molecule has 0 saturated carbocycles. The van der Waals surface area contributed by atoms with Crippen molar-refractivity contribution in [3.8, 4) is 0 Å². The molecule has 0 saturated heterocycles. The van der Waals surface area contributed by atoms with Gasteiger partial charge in [0.05, 0.1) is 6.04 Å². The highest BCUT2D eigenvalue weighted by molar-refractivity contribution is 5.90. The van der Waals surface area contributed by atoms with Gasteiger partial charge in [-0.15, -0.1) is 0 Å². The highest BCUT2D eigenvalue weighted by atomic mass is 16.5. The molecule has 0 unspecified atom stereocenters. The van der Waals surface area contributed by atoms with Crippen LogP contribution in [0.3, 0.4) is 0 Å². The van der Waals surface area contributed by atoms with Crippen LogP contribution < -0.4 is 5.32 Å². The fourth-order valence-electron chi connectivity index (χ4n) is 2.55. The van der Waals surface area contributed by atoms with Gasteiger partial charge >= 0.3 is 5.97 Å². The van der Waals surface area contributed by atoms with Crippen LogP contribution in [0.15, 0.2) is 48.7 Å². The van der Waals surface area contributed by atoms with Crippen LogP contribution in [0.2, 0.25) is 0 Å². The Morgan fingerprint density at radius 3 is 2.42 bits per heavy atom. The second-order valence-corrected chi connectivity index (χ2v) is 6.24. The normalized spacial score (nSPS) is 12.0. The van der Waals surface area contributed by atoms with Crippen LogP contribution in [0, 0.1) is 5.92 Å². The molecule has 5 nitrogen and oxygen atoms in total. The van der Waals surface area contributed by atoms with Gasteiger partial charge in [-0.1, -0.05) is 44.2 Å². The van der Waals surface area contributed by atoms with Crippen LogP contribution >= 0.6 is 0 Å². The summed E-state index contributed by atoms with van der Waals surface area (Å²) in [7, 11) is 1.75. The molecule has 0 fully saturated rings. The van der Waals surface area contributed by atoms with Crippen molar-refractivity contribution in [1.82, 2.24) is 9.88 Å². The molecule has 0 aliphatic rings. The fourth-order valence-corrected chi connectivity index (χ4v) is 2.55. The van der Waals surface area contributed by atoms with E-state index in [0.717, 1.165) is 12.0 Å². The summed E-state index contributed by atoms with van der Waals surface area (Å²) in [5.41, 5.74) is 1.47. The molecule has 0 spiro atoms. The van der Waals surface area contributed by atoms with Crippen molar-refractivity contribution in [3.63, 3.8) is 0 Å². The third-order valence-corrected chi connectivity index (χ3v) is 3.73. The van der Waals surface area contributed by atoms with Crippen LogP contribution in [-0.2, 0) is 16.6 Å². The molecule has 2 aromatic rings. The Labute approximate surface area is 142 Å². The largest absolute Gasteiger partial charge is 0.451 e. The van der Waals surface area contributed by atoms with E-state index < -0.39 is 5.97 Å². The van der Waals surface area contributed by atoms with Crippen molar-refractivity contribution in [2.45, 2.75) is 26.3 Å². The first-order valence-corrected chi connectivity index (χ1v) is 8.10. The fraction of sp³-hybridized carbons (Fsp3) is 0.368. The molecule has 0 bridgehead atoms. The quantitative estimate of drug-likeness (QED) is 0.795. The number of carbonyl (C=O) groups is 2. The van der Waals surface area contributed by atoms with Crippen LogP contribution in [-0.4, -0.2) is 23.1 Å². The van der Waals surface area contributed by atoms with Crippen molar-refractivity contribution >= 4 is 11.9 Å². The molecule has 128 valence electrons. The lowest BCUT2D eigenvalue weighted by molar-refractivity contribution is -0.125. The first kappa shape index (κ1) is 17.8. The first-order valence-electron chi connectivity index (χ1n) is 8.10. The summed E-state index contributed by atoms with van der Waals surface area (Å²) in [6.07, 6.45) is 2.58. The summed E-state index contributed by atoms with van der Waals surface area (Å²) in [5, 5.41) is 2.96. The van der Waals surface area contributed by atoms with Gasteiger partial charge in [0.25, 0.3) is 5.91 Å². The van der Waals surface area contributed by atoms with Gasteiger partial charge in [-0.05, 0) is 30.0 Å². The van der Waals surface area contributed by atoms with Crippen LogP contribution in [0.1, 0.15) is 42.4 Å². The Morgan fingerprint density at radius 1 is 1.12 bits per heavy atom. The third-order valence-electron chi connectivity index (χ3n) is 3.73. The summed E-state index contributed by atoms with van der Waals surface area (Å²) >= 11 is 0. The van der Waals surface area contributed by atoms with Gasteiger partial charge < -0.3 is 14.6 Å². The van der Waals surface area contributed by atoms with Gasteiger partial charge in [0.1, 0.15) is 5.69 Å². The Hall–Kier alpha value is -2.56. The lowest BCUT2D eigenvalue weighted by Gasteiger charge is -2.21. The number of esters is 1. The molecule has 24 heavy (non-hydrogen) atoms. The number of carbonyl (C=O) groups excluding carboxylic acids is 2. The van der Waals surface area contributed by atoms with E-state index in [-0.39, 0.29) is 18.6 Å². The zero-order chi connectivity index (χ0) is 17.5. The lowest BCUT2D eigenvalue weighted by Crippen LogP contribution is -2.33. The molecule has 0 aliphatic heterocycles. The number of aryl methyl sites for hydroxylation is 1. The number of benzene rings is 1. The zero-order valence-electron chi connectivity index (χ0n) is 14.4. The molecule has 1 amide bonds. The van der Waals surface area contributed by atoms with E-state index in [2.05, 4.69) is 19.2 Å². The molecule has 1 atom stereocenters. The molecule has 5 heteroatoms. The first-order chi connectivity index (χ1) is 11.5. The van der Waals surface area contributed by atoms with Crippen LogP contribution in [0.4, 0.5) is 0 Å². The number of nitrogens with one attached hydrogen (secondary N) is 1. The number of hydrogen-bond donors (Lipinski definition) is 1. The maximum absolute atomic E-state index is 12.2. The van der Waals surface area contributed by atoms with Gasteiger partial charge in [0, 0.05) is 13.2 Å². The minimum absolute atomic E-state index is 0.0903. The summed E-state index contributed by atoms with van der Waals surface area (Å²) in [6, 6.07) is 13.1. The predicted molar refractivity (Wildman–Crippen MR) is 92.5 cm³/mol. The topological polar surface area (TPSA) is 60.3 Å². The number of rotatable bonds is 7. The molecule has 1 aromatic heterocycles. The van der Waals surface area contributed by atoms with E-state index in [1.165, 1.54) is 0 Å². The van der Waals surface area contributed by atoms with Gasteiger partial charge in [-0.3, -0.25) is 4.79 Å². The summed E-state index contributed by atoms with van der Waals surface area (Å²) in [6.45, 7) is 3.93. The lowest BCUT2D eigenvalue weighted by atomic mass is 9.97. The molecule has 0 aliphatic carbocycles. The van der Waals surface area contributed by atoms with Crippen molar-refractivity contribution < 1.29 is 14.3 Å². The molecule has 0 radical (unpaired) electrons. The SMILES string of the molecule is CC(C)C[C@@H](NC(=O)COC(=O)c1cccn1C)c1ccccc1. The smallest absolute Gasteiger partial charge is 0.355 e. The molecule has 2 rings (SSSR count). The van der Waals surface area contributed by atoms with Crippen LogP contribution in [0.25, 0.3) is 0 Å². The van der Waals surface area contributed by atoms with Crippen molar-refractivity contribution in [2.75, 3.05) is 6.61 Å². The van der Waals surface area contributed by atoms with Gasteiger partial charge in [-0.25, -0.2) is 4.79 Å². The highest BCUT2D eigenvalue weighted by Gasteiger charge is 2.18. The molecular formula is C19H24N2O3. The standard InChI is InChI=1S/C19H24N2O3/c1-14(2)12-16(15-8-5-4-6-9-15)20-18(22)13-24-19(23)17-10-7-11-21(17)3/h4-11,14,16H,12-13H2,1-3H3,(H,20,22)/t16-/m1/s1. The predicted octanol–water partition coefficient (Wildman–Crippen LogP) is 3.09. The highest BCUT2D eigenvalue weighted by Crippen LogP contribution is 2.20. The number of nitrogens with zero attached hydrogens (tertiary/aromatic N) is 1. The maximum atomic E-state index is 12.2. The van der Waals surface area contributed by atoms with Gasteiger partial charge in [0.15, 0.2) is 6.61 Å². The minimum Gasteiger partial charge on any atom is -0.451 e. The van der Waals surface area contributed by atoms with Gasteiger partial charge in [0.2, 0.25) is 0 Å². The Balaban J connectivity index is 1.93. The molecule has 1 N–H and O–H groups in total. The summed E-state index contributed by atoms with van der Waals surface area (Å²) in [5.74, 6) is -0.369. The molecular weight excluding hydrogens is 304 g/mol. The van der Waals surface area contributed by atoms with Crippen molar-refractivity contribution in [1.29, 1.82) is 0 Å². The average Bonchev–Trinajstić information content (AvgIpc) is 2.98. The number of amides is 1. The zero-order valence-corrected chi connectivity index (χ0v) is 14.4. The molecule has 1 heterocycles. The number of ether oxygens (including phenoxy) is 1. The van der Waals surface area contributed by atoms with E-state index in [9.17, 15) is 9.59 Å². The van der Waals surface area contributed by atoms with Crippen molar-refractivity contribution in [2.24, 2.45) is 13.0 Å². The number of hydrogen-bond acceptors (Lipinski definition) is 3. The third kappa shape index (κ3) is 4.98. The Morgan fingerprint density at radius 2 is 1.83 bits per heavy atom. The van der Waals surface area contributed by atoms with Crippen LogP contribution in [0.5, 0.6) is 0 Å². The minimum atomic E-state index is -0.502. The summed E-state index contributed by atoms with van der Waals surface area (Å²) in [4.78, 5) is 24.1. The molecule has 1 aromatic carbocycles. The second kappa shape index (κ2) is 8.34. The Kier molecular flexibility index (Phi) is 6.18. The number of aromatic nitrogens is 1. The van der Waals surface area contributed by atoms with Gasteiger partial charge in [-0.2, -0.15) is 0 Å². The second-order valence-electron chi connectivity index (χ2n) is 6.24. The van der Waals surface area contributed by atoms with E-state index >= 15 is 0 Å². The van der Waals surface area contributed by atoms with Crippen molar-refractivity contribution in [3.05, 3.63) is 59.9 Å². The van der Waals surface area contributed by atoms with E-state index in [1.807, 2.05) is 30.3 Å². The average molecular weight is 328 g/mol. The monoisotopic (exact) mass is 328 g/mol. The van der Waals surface area contributed by atoms with E-state index in [1.54, 1.807) is 29.9 Å². The van der Waals surface area contributed by atoms with E-state index in [0.29, 0.717) is 11.6 Å². The Bertz CT molecular complexity index is 677.